The molecule has 1 N–H and O–H groups in total. The molecule has 114 heavy (non-hydrogen) atoms. The van der Waals surface area contributed by atoms with E-state index < -0.39 is 0 Å². The Morgan fingerprint density at radius 1 is 0.272 bits per heavy atom. The average Bonchev–Trinajstić information content (AvgIpc) is 1.54. The van der Waals surface area contributed by atoms with Gasteiger partial charge in [0, 0.05) is 89.0 Å². The summed E-state index contributed by atoms with van der Waals surface area (Å²) in [7, 11) is 0. The lowest BCUT2D eigenvalue weighted by Gasteiger charge is -2.30. The van der Waals surface area contributed by atoms with Crippen LogP contribution in [0.5, 0.6) is 0 Å². The van der Waals surface area contributed by atoms with E-state index >= 15 is 0 Å². The number of fused-ring (bicyclic) bond motifs is 18. The molecule has 3 aliphatic carbocycles. The van der Waals surface area contributed by atoms with Gasteiger partial charge in [-0.2, -0.15) is 0 Å². The van der Waals surface area contributed by atoms with Crippen molar-refractivity contribution in [3.05, 3.63) is 422 Å². The molecule has 16 aromatic carbocycles. The summed E-state index contributed by atoms with van der Waals surface area (Å²) >= 11 is 0. The molecule has 23 rings (SSSR count). The smallest absolute Gasteiger partial charge is 0.136 e. The molecule has 0 saturated heterocycles. The van der Waals surface area contributed by atoms with E-state index in [1.807, 2.05) is 12.1 Å². The number of para-hydroxylation sites is 4. The highest BCUT2D eigenvalue weighted by Crippen LogP contribution is 2.47. The van der Waals surface area contributed by atoms with Crippen LogP contribution in [0, 0.1) is 0 Å². The molecule has 0 fully saturated rings. The van der Waals surface area contributed by atoms with Gasteiger partial charge in [0.15, 0.2) is 0 Å². The summed E-state index contributed by atoms with van der Waals surface area (Å²) < 4.78 is 8.66. The second kappa shape index (κ2) is 27.8. The first kappa shape index (κ1) is 66.5. The van der Waals surface area contributed by atoms with Crippen LogP contribution in [0.4, 0.5) is 39.8 Å². The quantitative estimate of drug-likeness (QED) is 0.132. The minimum atomic E-state index is 0.904. The Bertz CT molecular complexity index is 7110. The molecule has 2 bridgehead atoms. The maximum Gasteiger partial charge on any atom is 0.136 e. The number of benzene rings is 16. The molecule has 3 aromatic heterocycles. The van der Waals surface area contributed by atoms with Crippen LogP contribution >= 0.6 is 0 Å². The number of hydrogen-bond acceptors (Lipinski definition) is 4. The SMILES string of the molecule is C1=CCCC(C2=CC=C(N(c3ccc(-c4ccc5c(c4)-c4ccccc4C5)cc3)c3ccc(-c4ccc5c(c4)-c4cccc(c4)-c4ccccc4N5)cc3)CC2)=C1.c1ccc(-c2ccc(N(c3ccc(-c4ccc5c(c4)oc4ccccc45)cc3)c3ccc(-c4ccc5c(c4)c4cccc6c7ccccc7n5c64)cc3)cc2)cc1. The standard InChI is InChI=1S/C55H42N2.C54H34N2O/c1-2-9-37(10-3-1)38-19-26-47(27-20-38)57(48-28-21-39(22-29-48)41-17-18-46-33-43-11-4-5-14-50(43)52(46)35-41)49-30-23-40(24-31-49)42-25-32-55-53(36-42)45-13-8-12-44(34-45)51-15-6-7-16-54(51)56-55;1-2-9-35(10-3-1)36-17-25-41(26-18-36)55(43-29-21-38(22-30-43)40-23-31-46-45-12-5-7-16-52(45)57-53(46)34-40)42-27-19-37(20-28-42)39-24-32-51-49(33-39)48-14-8-13-47-44-11-4-6-15-50(44)56(51)54(47)48/h1-2,4-9,11-19,21-26,28-32,34-36,56H,3,10,20,27,33H2;1-34H. The molecular weight excluding hydrogens is 1380 g/mol. The van der Waals surface area contributed by atoms with E-state index in [0.29, 0.717) is 0 Å². The fraction of sp³-hybridized carbons (Fsp3) is 0.0459. The van der Waals surface area contributed by atoms with E-state index in [4.69, 9.17) is 4.42 Å². The van der Waals surface area contributed by atoms with Crippen LogP contribution in [0.15, 0.2) is 416 Å². The van der Waals surface area contributed by atoms with Crippen molar-refractivity contribution in [3.8, 4) is 89.0 Å². The Hall–Kier alpha value is -14.5. The summed E-state index contributed by atoms with van der Waals surface area (Å²) in [5.41, 5.74) is 40.2. The van der Waals surface area contributed by atoms with E-state index in [-0.39, 0.29) is 0 Å². The van der Waals surface area contributed by atoms with Gasteiger partial charge in [-0.05, 0) is 266 Å². The molecule has 5 heteroatoms. The number of rotatable bonds is 12. The average molecular weight is 1460 g/mol. The van der Waals surface area contributed by atoms with Crippen LogP contribution < -0.4 is 15.1 Å². The number of hydrogen-bond donors (Lipinski definition) is 1. The van der Waals surface area contributed by atoms with Crippen LogP contribution in [0.2, 0.25) is 0 Å². The van der Waals surface area contributed by atoms with Crippen molar-refractivity contribution < 1.29 is 4.42 Å². The van der Waals surface area contributed by atoms with Gasteiger partial charge in [0.25, 0.3) is 0 Å². The van der Waals surface area contributed by atoms with Gasteiger partial charge in [0.2, 0.25) is 0 Å². The van der Waals surface area contributed by atoms with E-state index in [9.17, 15) is 0 Å². The van der Waals surface area contributed by atoms with Crippen molar-refractivity contribution in [2.24, 2.45) is 0 Å². The molecule has 4 heterocycles. The molecular formula is C109H76N4O. The molecule has 0 unspecified atom stereocenters. The topological polar surface area (TPSA) is 36.1 Å². The molecule has 0 saturated carbocycles. The van der Waals surface area contributed by atoms with Crippen molar-refractivity contribution in [2.45, 2.75) is 32.1 Å². The van der Waals surface area contributed by atoms with E-state index in [1.54, 1.807) is 0 Å². The normalized spacial score (nSPS) is 13.3. The number of anilines is 7. The molecule has 1 aliphatic heterocycles. The fourth-order valence-electron chi connectivity index (χ4n) is 18.3. The van der Waals surface area contributed by atoms with Crippen LogP contribution in [0.3, 0.4) is 0 Å². The highest BCUT2D eigenvalue weighted by molar-refractivity contribution is 6.23. The van der Waals surface area contributed by atoms with Gasteiger partial charge in [-0.15, -0.1) is 0 Å². The number of furan rings is 1. The van der Waals surface area contributed by atoms with E-state index in [1.165, 1.54) is 155 Å². The lowest BCUT2D eigenvalue weighted by Crippen LogP contribution is -2.18. The van der Waals surface area contributed by atoms with Gasteiger partial charge >= 0.3 is 0 Å². The molecule has 4 aliphatic rings. The fourth-order valence-corrected chi connectivity index (χ4v) is 18.3. The Morgan fingerprint density at radius 3 is 1.45 bits per heavy atom. The maximum absolute atomic E-state index is 6.23. The lowest BCUT2D eigenvalue weighted by molar-refractivity contribution is 0.669. The number of allylic oxidation sites excluding steroid dienone is 8. The Morgan fingerprint density at radius 2 is 0.754 bits per heavy atom. The zero-order valence-corrected chi connectivity index (χ0v) is 62.8. The summed E-state index contributed by atoms with van der Waals surface area (Å²) in [5, 5.41) is 11.2. The first-order valence-corrected chi connectivity index (χ1v) is 39.8. The first-order valence-electron chi connectivity index (χ1n) is 39.8. The third-order valence-corrected chi connectivity index (χ3v) is 24.0. The first-order chi connectivity index (χ1) is 56.5. The van der Waals surface area contributed by atoms with Gasteiger partial charge in [0.1, 0.15) is 11.2 Å². The largest absolute Gasteiger partial charge is 0.456 e. The summed E-state index contributed by atoms with van der Waals surface area (Å²) in [6.07, 6.45) is 16.8. The molecule has 0 spiro atoms. The van der Waals surface area contributed by atoms with Gasteiger partial charge in [-0.3, -0.25) is 0 Å². The number of nitrogens with zero attached hydrogens (tertiary/aromatic N) is 3. The minimum absolute atomic E-state index is 0.904. The summed E-state index contributed by atoms with van der Waals surface area (Å²) in [5.74, 6) is 0. The van der Waals surface area contributed by atoms with Crippen LogP contribution in [0.25, 0.3) is 149 Å². The predicted octanol–water partition coefficient (Wildman–Crippen LogP) is 30.2. The number of nitrogens with one attached hydrogen (secondary N) is 1. The van der Waals surface area contributed by atoms with Crippen molar-refractivity contribution >= 4 is 99.8 Å². The van der Waals surface area contributed by atoms with Crippen molar-refractivity contribution in [1.29, 1.82) is 0 Å². The summed E-state index contributed by atoms with van der Waals surface area (Å²) in [4.78, 5) is 4.80. The summed E-state index contributed by atoms with van der Waals surface area (Å²) in [6, 6.07) is 133. The van der Waals surface area contributed by atoms with Gasteiger partial charge in [-0.1, -0.05) is 261 Å². The van der Waals surface area contributed by atoms with Crippen LogP contribution in [0.1, 0.15) is 36.8 Å². The van der Waals surface area contributed by atoms with Gasteiger partial charge < -0.3 is 23.9 Å². The Labute approximate surface area is 662 Å². The zero-order chi connectivity index (χ0) is 75.2. The van der Waals surface area contributed by atoms with E-state index in [0.717, 1.165) is 93.6 Å². The van der Waals surface area contributed by atoms with Crippen LogP contribution in [-0.2, 0) is 6.42 Å². The van der Waals surface area contributed by atoms with Crippen molar-refractivity contribution in [1.82, 2.24) is 4.40 Å². The van der Waals surface area contributed by atoms with Crippen molar-refractivity contribution in [2.75, 3.05) is 15.1 Å². The van der Waals surface area contributed by atoms with E-state index in [2.05, 4.69) is 402 Å². The summed E-state index contributed by atoms with van der Waals surface area (Å²) in [6.45, 7) is 0. The second-order valence-corrected chi connectivity index (χ2v) is 30.6. The van der Waals surface area contributed by atoms with Crippen LogP contribution in [-0.4, -0.2) is 4.40 Å². The predicted molar refractivity (Wildman–Crippen MR) is 480 cm³/mol. The van der Waals surface area contributed by atoms with Gasteiger partial charge in [0.05, 0.1) is 16.6 Å². The second-order valence-electron chi connectivity index (χ2n) is 30.6. The Kier molecular flexibility index (Phi) is 16.2. The molecule has 19 aromatic rings. The lowest BCUT2D eigenvalue weighted by atomic mass is 9.90. The molecule has 5 nitrogen and oxygen atoms in total. The van der Waals surface area contributed by atoms with Crippen molar-refractivity contribution in [3.63, 3.8) is 0 Å². The zero-order valence-electron chi connectivity index (χ0n) is 62.8. The molecule has 538 valence electrons. The highest BCUT2D eigenvalue weighted by atomic mass is 16.3. The highest BCUT2D eigenvalue weighted by Gasteiger charge is 2.25. The maximum atomic E-state index is 6.23. The Balaban J connectivity index is 0.000000139. The monoisotopic (exact) mass is 1460 g/mol. The minimum Gasteiger partial charge on any atom is -0.456 e. The third-order valence-electron chi connectivity index (χ3n) is 24.0. The third kappa shape index (κ3) is 11.8. The molecule has 0 amide bonds. The van der Waals surface area contributed by atoms with Gasteiger partial charge in [-0.25, -0.2) is 0 Å². The molecule has 0 radical (unpaired) electrons. The molecule has 0 atom stereocenters. The number of aromatic nitrogens is 1.